The Balaban J connectivity index is 2.24. The monoisotopic (exact) mass is 208 g/mol. The van der Waals surface area contributed by atoms with Crippen LogP contribution in [0.2, 0.25) is 0 Å². The van der Waals surface area contributed by atoms with Gasteiger partial charge in [-0.1, -0.05) is 12.1 Å². The number of hydrogen-bond acceptors (Lipinski definition) is 2. The summed E-state index contributed by atoms with van der Waals surface area (Å²) in [6, 6.07) is 6.77. The molecule has 2 rings (SSSR count). The van der Waals surface area contributed by atoms with Gasteiger partial charge in [-0.3, -0.25) is 0 Å². The van der Waals surface area contributed by atoms with Gasteiger partial charge in [0, 0.05) is 19.6 Å². The number of benzene rings is 1. The number of nitrogens with one attached hydrogen (secondary N) is 1. The van der Waals surface area contributed by atoms with Crippen LogP contribution in [0.25, 0.3) is 0 Å². The van der Waals surface area contributed by atoms with E-state index < -0.39 is 0 Å². The van der Waals surface area contributed by atoms with Crippen molar-refractivity contribution in [3.8, 4) is 0 Å². The van der Waals surface area contributed by atoms with Gasteiger partial charge in [-0.25, -0.2) is 4.39 Å². The van der Waals surface area contributed by atoms with E-state index in [-0.39, 0.29) is 11.4 Å². The van der Waals surface area contributed by atoms with Crippen LogP contribution in [0.3, 0.4) is 0 Å². The highest BCUT2D eigenvalue weighted by Gasteiger charge is 2.30. The molecule has 1 aromatic carbocycles. The van der Waals surface area contributed by atoms with Gasteiger partial charge in [0.2, 0.25) is 0 Å². The average Bonchev–Trinajstić information content (AvgIpc) is 2.18. The molecule has 1 unspecified atom stereocenters. The molecule has 0 aromatic heterocycles. The third-order valence-electron chi connectivity index (χ3n) is 3.08. The Morgan fingerprint density at radius 2 is 2.00 bits per heavy atom. The Kier molecular flexibility index (Phi) is 2.76. The lowest BCUT2D eigenvalue weighted by molar-refractivity contribution is 0.171. The molecule has 0 spiro atoms. The van der Waals surface area contributed by atoms with Crippen LogP contribution < -0.4 is 5.32 Å². The molecule has 3 heteroatoms. The van der Waals surface area contributed by atoms with Gasteiger partial charge in [0.15, 0.2) is 0 Å². The van der Waals surface area contributed by atoms with Crippen molar-refractivity contribution in [3.05, 3.63) is 35.6 Å². The largest absolute Gasteiger partial charge is 0.305 e. The SMILES string of the molecule is CN1CCNC(C)(c2ccc(F)cc2)C1. The molecule has 1 saturated heterocycles. The molecule has 1 aromatic rings. The first-order valence-electron chi connectivity index (χ1n) is 5.30. The number of rotatable bonds is 1. The van der Waals surface area contributed by atoms with Gasteiger partial charge in [-0.05, 0) is 31.7 Å². The van der Waals surface area contributed by atoms with Gasteiger partial charge >= 0.3 is 0 Å². The topological polar surface area (TPSA) is 15.3 Å². The first-order valence-corrected chi connectivity index (χ1v) is 5.30. The Bertz CT molecular complexity index is 336. The number of hydrogen-bond donors (Lipinski definition) is 1. The van der Waals surface area contributed by atoms with Crippen molar-refractivity contribution in [2.45, 2.75) is 12.5 Å². The van der Waals surface area contributed by atoms with Gasteiger partial charge in [0.1, 0.15) is 5.82 Å². The lowest BCUT2D eigenvalue weighted by atomic mass is 9.90. The summed E-state index contributed by atoms with van der Waals surface area (Å²) < 4.78 is 12.8. The number of halogens is 1. The Morgan fingerprint density at radius 1 is 1.33 bits per heavy atom. The standard InChI is InChI=1S/C12H17FN2/c1-12(9-15(2)8-7-14-12)10-3-5-11(13)6-4-10/h3-6,14H,7-9H2,1-2H3. The van der Waals surface area contributed by atoms with E-state index in [1.807, 2.05) is 12.1 Å². The maximum absolute atomic E-state index is 12.8. The predicted octanol–water partition coefficient (Wildman–Crippen LogP) is 1.58. The fourth-order valence-electron chi connectivity index (χ4n) is 2.21. The summed E-state index contributed by atoms with van der Waals surface area (Å²) in [5, 5.41) is 3.50. The minimum absolute atomic E-state index is 0.0549. The van der Waals surface area contributed by atoms with Crippen molar-refractivity contribution in [1.82, 2.24) is 10.2 Å². The molecule has 1 heterocycles. The molecular formula is C12H17FN2. The van der Waals surface area contributed by atoms with Crippen molar-refractivity contribution in [2.24, 2.45) is 0 Å². The van der Waals surface area contributed by atoms with E-state index in [2.05, 4.69) is 24.2 Å². The molecular weight excluding hydrogens is 191 g/mol. The highest BCUT2D eigenvalue weighted by atomic mass is 19.1. The molecule has 1 atom stereocenters. The summed E-state index contributed by atoms with van der Waals surface area (Å²) in [4.78, 5) is 2.29. The molecule has 2 nitrogen and oxygen atoms in total. The van der Waals surface area contributed by atoms with Crippen molar-refractivity contribution in [1.29, 1.82) is 0 Å². The molecule has 1 aliphatic rings. The molecule has 0 amide bonds. The van der Waals surface area contributed by atoms with Crippen LogP contribution in [0.4, 0.5) is 4.39 Å². The van der Waals surface area contributed by atoms with Crippen molar-refractivity contribution in [2.75, 3.05) is 26.7 Å². The molecule has 82 valence electrons. The highest BCUT2D eigenvalue weighted by molar-refractivity contribution is 5.25. The minimum atomic E-state index is -0.175. The molecule has 0 bridgehead atoms. The second-order valence-electron chi connectivity index (χ2n) is 4.50. The molecule has 1 fully saturated rings. The summed E-state index contributed by atoms with van der Waals surface area (Å²) in [7, 11) is 2.11. The first kappa shape index (κ1) is 10.6. The van der Waals surface area contributed by atoms with Crippen LogP contribution in [0, 0.1) is 5.82 Å². The normalized spacial score (nSPS) is 27.9. The zero-order valence-corrected chi connectivity index (χ0v) is 9.26. The summed E-state index contributed by atoms with van der Waals surface area (Å²) in [6.07, 6.45) is 0. The second kappa shape index (κ2) is 3.91. The molecule has 0 saturated carbocycles. The first-order chi connectivity index (χ1) is 7.10. The second-order valence-corrected chi connectivity index (χ2v) is 4.50. The van der Waals surface area contributed by atoms with E-state index in [4.69, 9.17) is 0 Å². The Labute approximate surface area is 90.1 Å². The molecule has 1 aliphatic heterocycles. The van der Waals surface area contributed by atoms with E-state index in [9.17, 15) is 4.39 Å². The summed E-state index contributed by atoms with van der Waals surface area (Å²) in [6.45, 7) is 5.16. The van der Waals surface area contributed by atoms with Crippen molar-refractivity contribution >= 4 is 0 Å². The van der Waals surface area contributed by atoms with Crippen molar-refractivity contribution < 1.29 is 4.39 Å². The Hall–Kier alpha value is -0.930. The van der Waals surface area contributed by atoms with Gasteiger partial charge in [0.05, 0.1) is 5.54 Å². The molecule has 15 heavy (non-hydrogen) atoms. The van der Waals surface area contributed by atoms with E-state index >= 15 is 0 Å². The van der Waals surface area contributed by atoms with Crippen LogP contribution in [0.1, 0.15) is 12.5 Å². The average molecular weight is 208 g/mol. The van der Waals surface area contributed by atoms with Crippen LogP contribution >= 0.6 is 0 Å². The highest BCUT2D eigenvalue weighted by Crippen LogP contribution is 2.23. The van der Waals surface area contributed by atoms with Crippen LogP contribution in [-0.2, 0) is 5.54 Å². The molecule has 0 aliphatic carbocycles. The van der Waals surface area contributed by atoms with E-state index in [0.29, 0.717) is 0 Å². The lowest BCUT2D eigenvalue weighted by Gasteiger charge is -2.40. The van der Waals surface area contributed by atoms with Crippen LogP contribution in [0.5, 0.6) is 0 Å². The zero-order chi connectivity index (χ0) is 10.9. The van der Waals surface area contributed by atoms with Crippen LogP contribution in [-0.4, -0.2) is 31.6 Å². The Morgan fingerprint density at radius 3 is 2.60 bits per heavy atom. The van der Waals surface area contributed by atoms with Gasteiger partial charge in [-0.15, -0.1) is 0 Å². The third kappa shape index (κ3) is 2.19. The number of nitrogens with zero attached hydrogens (tertiary/aromatic N) is 1. The van der Waals surface area contributed by atoms with Gasteiger partial charge in [-0.2, -0.15) is 0 Å². The zero-order valence-electron chi connectivity index (χ0n) is 9.26. The smallest absolute Gasteiger partial charge is 0.123 e. The summed E-state index contributed by atoms with van der Waals surface area (Å²) in [5.41, 5.74) is 1.09. The van der Waals surface area contributed by atoms with E-state index in [1.165, 1.54) is 12.1 Å². The maximum atomic E-state index is 12.8. The fourth-order valence-corrected chi connectivity index (χ4v) is 2.21. The minimum Gasteiger partial charge on any atom is -0.305 e. The molecule has 1 N–H and O–H groups in total. The summed E-state index contributed by atoms with van der Waals surface area (Å²) >= 11 is 0. The van der Waals surface area contributed by atoms with Crippen LogP contribution in [0.15, 0.2) is 24.3 Å². The number of piperazine rings is 1. The summed E-state index contributed by atoms with van der Waals surface area (Å²) in [5.74, 6) is -0.175. The fraction of sp³-hybridized carbons (Fsp3) is 0.500. The predicted molar refractivity (Wildman–Crippen MR) is 59.3 cm³/mol. The van der Waals surface area contributed by atoms with Crippen molar-refractivity contribution in [3.63, 3.8) is 0 Å². The van der Waals surface area contributed by atoms with E-state index in [0.717, 1.165) is 25.2 Å². The molecule has 0 radical (unpaired) electrons. The van der Waals surface area contributed by atoms with Gasteiger partial charge < -0.3 is 10.2 Å². The third-order valence-corrected chi connectivity index (χ3v) is 3.08. The number of likely N-dealkylation sites (N-methyl/N-ethyl adjacent to an activating group) is 1. The lowest BCUT2D eigenvalue weighted by Crippen LogP contribution is -2.55. The van der Waals surface area contributed by atoms with E-state index in [1.54, 1.807) is 0 Å². The maximum Gasteiger partial charge on any atom is 0.123 e. The van der Waals surface area contributed by atoms with Gasteiger partial charge in [0.25, 0.3) is 0 Å². The quantitative estimate of drug-likeness (QED) is 0.753.